The van der Waals surface area contributed by atoms with Gasteiger partial charge in [0.05, 0.1) is 36.7 Å². The van der Waals surface area contributed by atoms with Crippen LogP contribution in [0.15, 0.2) is 48.5 Å². The molecule has 1 fully saturated rings. The number of aromatic nitrogens is 1. The van der Waals surface area contributed by atoms with E-state index in [1.165, 1.54) is 39.2 Å². The van der Waals surface area contributed by atoms with Crippen molar-refractivity contribution in [3.8, 4) is 22.8 Å². The molecule has 7 nitrogen and oxygen atoms in total. The fourth-order valence-electron chi connectivity index (χ4n) is 4.08. The number of alkyl halides is 6. The first kappa shape index (κ1) is 32.0. The molecule has 0 aliphatic heterocycles. The number of halogens is 7. The Labute approximate surface area is 241 Å². The Morgan fingerprint density at radius 3 is 2.26 bits per heavy atom. The average molecular weight is 616 g/mol. The van der Waals surface area contributed by atoms with Crippen molar-refractivity contribution in [3.05, 3.63) is 76.7 Å². The summed E-state index contributed by atoms with van der Waals surface area (Å²) in [7, 11) is 1.33. The third kappa shape index (κ3) is 7.02. The molecule has 3 aromatic rings. The van der Waals surface area contributed by atoms with E-state index in [2.05, 4.69) is 4.98 Å². The van der Waals surface area contributed by atoms with Gasteiger partial charge in [-0.2, -0.15) is 26.3 Å². The summed E-state index contributed by atoms with van der Waals surface area (Å²) in [6.07, 6.45) is -8.82. The number of nitrogens with one attached hydrogen (secondary N) is 1. The molecule has 232 valence electrons. The van der Waals surface area contributed by atoms with Crippen LogP contribution in [0.4, 0.5) is 30.7 Å². The molecular formula is C29H28F7N3O4. The van der Waals surface area contributed by atoms with Crippen molar-refractivity contribution in [2.75, 3.05) is 13.7 Å². The van der Waals surface area contributed by atoms with Crippen molar-refractivity contribution in [3.63, 3.8) is 0 Å². The van der Waals surface area contributed by atoms with Crippen LogP contribution in [0.5, 0.6) is 11.5 Å². The molecule has 1 saturated carbocycles. The molecule has 4 N–H and O–H groups in total. The molecule has 0 spiro atoms. The molecular weight excluding hydrogens is 587 g/mol. The van der Waals surface area contributed by atoms with E-state index in [-0.39, 0.29) is 28.5 Å². The van der Waals surface area contributed by atoms with E-state index in [1.807, 2.05) is 5.32 Å². The summed E-state index contributed by atoms with van der Waals surface area (Å²) < 4.78 is 108. The Kier molecular flexibility index (Phi) is 8.41. The summed E-state index contributed by atoms with van der Waals surface area (Å²) in [5, 5.41) is 13.1. The lowest BCUT2D eigenvalue weighted by molar-refractivity contribution is -0.265. The van der Waals surface area contributed by atoms with Gasteiger partial charge in [-0.05, 0) is 80.8 Å². The molecule has 14 heteroatoms. The number of benzene rings is 2. The SMILES string of the molecule is COc1cc(C(=O)NCC(O)(c2cc(C(C)(C)N)cc(-c3ccc(F)c(C(F)(F)F)c3)n2)C(F)(F)F)ccc1OC1CC1. The van der Waals surface area contributed by atoms with Crippen molar-refractivity contribution in [1.82, 2.24) is 10.3 Å². The van der Waals surface area contributed by atoms with Gasteiger partial charge in [-0.1, -0.05) is 0 Å². The van der Waals surface area contributed by atoms with E-state index in [0.717, 1.165) is 31.0 Å². The molecule has 4 rings (SSSR count). The zero-order valence-corrected chi connectivity index (χ0v) is 23.2. The second-order valence-electron chi connectivity index (χ2n) is 10.8. The van der Waals surface area contributed by atoms with Crippen LogP contribution in [-0.2, 0) is 17.3 Å². The van der Waals surface area contributed by atoms with Gasteiger partial charge in [0.1, 0.15) is 5.82 Å². The minimum atomic E-state index is -5.43. The summed E-state index contributed by atoms with van der Waals surface area (Å²) in [5.41, 5.74) is -2.72. The fourth-order valence-corrected chi connectivity index (χ4v) is 4.08. The number of nitrogens with two attached hydrogens (primary N) is 1. The molecule has 43 heavy (non-hydrogen) atoms. The lowest BCUT2D eigenvalue weighted by Crippen LogP contribution is -2.51. The second kappa shape index (κ2) is 11.3. The standard InChI is InChI=1S/C29H28F7N3O4/c1-26(2,37)17-12-21(15-4-8-20(30)19(10-15)28(31,32)33)39-24(13-17)27(41,29(34,35)36)14-38-25(40)16-5-9-22(23(11-16)42-3)43-18-6-7-18/h4-5,8-13,18,41H,6-7,14,37H2,1-3H3,(H,38,40). The third-order valence-electron chi connectivity index (χ3n) is 6.78. The van der Waals surface area contributed by atoms with E-state index in [9.17, 15) is 40.6 Å². The lowest BCUT2D eigenvalue weighted by Gasteiger charge is -2.32. The lowest BCUT2D eigenvalue weighted by atomic mass is 9.89. The quantitative estimate of drug-likeness (QED) is 0.262. The van der Waals surface area contributed by atoms with Crippen LogP contribution in [0, 0.1) is 5.82 Å². The van der Waals surface area contributed by atoms with Crippen LogP contribution < -0.4 is 20.5 Å². The normalized spacial score (nSPS) is 15.5. The molecule has 1 atom stereocenters. The Bertz CT molecular complexity index is 1520. The minimum absolute atomic E-state index is 0.0111. The Morgan fingerprint density at radius 2 is 1.70 bits per heavy atom. The van der Waals surface area contributed by atoms with Gasteiger partial charge in [0.15, 0.2) is 11.5 Å². The number of hydrogen-bond donors (Lipinski definition) is 3. The summed E-state index contributed by atoms with van der Waals surface area (Å²) in [6.45, 7) is 1.41. The summed E-state index contributed by atoms with van der Waals surface area (Å²) in [6, 6.07) is 7.80. The van der Waals surface area contributed by atoms with E-state index in [1.54, 1.807) is 0 Å². The smallest absolute Gasteiger partial charge is 0.424 e. The highest BCUT2D eigenvalue weighted by Gasteiger charge is 2.56. The maximum atomic E-state index is 14.5. The maximum Gasteiger partial charge on any atom is 0.424 e. The minimum Gasteiger partial charge on any atom is -0.493 e. The van der Waals surface area contributed by atoms with Gasteiger partial charge < -0.3 is 25.6 Å². The molecule has 0 radical (unpaired) electrons. The molecule has 1 amide bonds. The summed E-state index contributed by atoms with van der Waals surface area (Å²) >= 11 is 0. The van der Waals surface area contributed by atoms with Crippen molar-refractivity contribution < 1.29 is 50.1 Å². The van der Waals surface area contributed by atoms with Crippen LogP contribution in [0.3, 0.4) is 0 Å². The molecule has 1 aliphatic carbocycles. The topological polar surface area (TPSA) is 107 Å². The Balaban J connectivity index is 1.73. The average Bonchev–Trinajstić information content (AvgIpc) is 3.74. The van der Waals surface area contributed by atoms with Crippen molar-refractivity contribution in [2.45, 2.75) is 56.3 Å². The van der Waals surface area contributed by atoms with E-state index in [4.69, 9.17) is 15.2 Å². The van der Waals surface area contributed by atoms with Crippen LogP contribution in [0.2, 0.25) is 0 Å². The molecule has 1 heterocycles. The maximum absolute atomic E-state index is 14.5. The van der Waals surface area contributed by atoms with Gasteiger partial charge in [0.25, 0.3) is 5.91 Å². The number of methoxy groups -OCH3 is 1. The molecule has 1 aromatic heterocycles. The predicted molar refractivity (Wildman–Crippen MR) is 141 cm³/mol. The number of carbonyl (C=O) groups excluding carboxylic acids is 1. The number of ether oxygens (including phenoxy) is 2. The van der Waals surface area contributed by atoms with Crippen LogP contribution >= 0.6 is 0 Å². The first-order valence-corrected chi connectivity index (χ1v) is 12.9. The van der Waals surface area contributed by atoms with Gasteiger partial charge in [-0.3, -0.25) is 4.79 Å². The van der Waals surface area contributed by atoms with Gasteiger partial charge in [0, 0.05) is 16.7 Å². The van der Waals surface area contributed by atoms with Gasteiger partial charge in [-0.15, -0.1) is 0 Å². The van der Waals surface area contributed by atoms with Crippen LogP contribution in [0.25, 0.3) is 11.3 Å². The molecule has 2 aromatic carbocycles. The van der Waals surface area contributed by atoms with E-state index >= 15 is 0 Å². The van der Waals surface area contributed by atoms with Crippen LogP contribution in [0.1, 0.15) is 53.9 Å². The summed E-state index contributed by atoms with van der Waals surface area (Å²) in [4.78, 5) is 16.7. The third-order valence-corrected chi connectivity index (χ3v) is 6.78. The van der Waals surface area contributed by atoms with Crippen molar-refractivity contribution in [2.24, 2.45) is 5.73 Å². The highest BCUT2D eigenvalue weighted by Crippen LogP contribution is 2.41. The van der Waals surface area contributed by atoms with Crippen molar-refractivity contribution in [1.29, 1.82) is 0 Å². The van der Waals surface area contributed by atoms with Gasteiger partial charge >= 0.3 is 12.4 Å². The number of pyridine rings is 1. The molecule has 1 unspecified atom stereocenters. The van der Waals surface area contributed by atoms with E-state index < -0.39 is 58.7 Å². The molecule has 0 bridgehead atoms. The van der Waals surface area contributed by atoms with Crippen molar-refractivity contribution >= 4 is 5.91 Å². The number of amides is 1. The first-order chi connectivity index (χ1) is 19.8. The Morgan fingerprint density at radius 1 is 1.02 bits per heavy atom. The van der Waals surface area contributed by atoms with Crippen LogP contribution in [-0.4, -0.2) is 41.9 Å². The van der Waals surface area contributed by atoms with Gasteiger partial charge in [0.2, 0.25) is 5.60 Å². The van der Waals surface area contributed by atoms with Gasteiger partial charge in [-0.25, -0.2) is 9.37 Å². The molecule has 1 aliphatic rings. The fraction of sp³-hybridized carbons (Fsp3) is 0.379. The monoisotopic (exact) mass is 615 g/mol. The number of rotatable bonds is 9. The highest BCUT2D eigenvalue weighted by molar-refractivity contribution is 5.95. The Hall–Kier alpha value is -3.91. The molecule has 0 saturated heterocycles. The van der Waals surface area contributed by atoms with E-state index in [0.29, 0.717) is 17.9 Å². The summed E-state index contributed by atoms with van der Waals surface area (Å²) in [5.74, 6) is -2.07. The zero-order valence-electron chi connectivity index (χ0n) is 23.2. The number of nitrogens with zero attached hydrogens (tertiary/aromatic N) is 1. The predicted octanol–water partition coefficient (Wildman–Crippen LogP) is 5.83. The zero-order chi connectivity index (χ0) is 32.0. The number of hydrogen-bond acceptors (Lipinski definition) is 6. The number of aliphatic hydroxyl groups is 1. The second-order valence-corrected chi connectivity index (χ2v) is 10.8. The first-order valence-electron chi connectivity index (χ1n) is 12.9. The highest BCUT2D eigenvalue weighted by atomic mass is 19.4. The largest absolute Gasteiger partial charge is 0.493 e. The number of carbonyl (C=O) groups is 1.